The summed E-state index contributed by atoms with van der Waals surface area (Å²) >= 11 is 6.19. The molecule has 1 atom stereocenters. The maximum Gasteiger partial charge on any atom is 0.245 e. The van der Waals surface area contributed by atoms with Gasteiger partial charge in [0.1, 0.15) is 5.38 Å². The molecule has 1 unspecified atom stereocenters. The number of amides is 1. The monoisotopic (exact) mass is 280 g/mol. The van der Waals surface area contributed by atoms with E-state index in [1.807, 2.05) is 36.4 Å². The minimum absolute atomic E-state index is 0.194. The van der Waals surface area contributed by atoms with Crippen molar-refractivity contribution in [3.05, 3.63) is 35.9 Å². The van der Waals surface area contributed by atoms with Crippen molar-refractivity contribution in [1.82, 2.24) is 4.90 Å². The smallest absolute Gasteiger partial charge is 0.245 e. The van der Waals surface area contributed by atoms with Crippen molar-refractivity contribution < 1.29 is 9.53 Å². The summed E-state index contributed by atoms with van der Waals surface area (Å²) in [5.74, 6) is -0.194. The third kappa shape index (κ3) is 4.90. The molecule has 0 aliphatic rings. The van der Waals surface area contributed by atoms with Crippen molar-refractivity contribution in [2.45, 2.75) is 11.8 Å². The number of nitrogens with zero attached hydrogens (tertiary/aromatic N) is 2. The third-order valence-corrected chi connectivity index (χ3v) is 3.12. The first kappa shape index (κ1) is 15.5. The van der Waals surface area contributed by atoms with Gasteiger partial charge in [0, 0.05) is 20.2 Å². The standard InChI is InChI=1S/C14H17ClN2O2/c1-19-11-10-17(9-5-8-16)14(18)13(15)12-6-3-2-4-7-12/h2-4,6-7,13H,5,9-11H2,1H3. The second-order valence-electron chi connectivity index (χ2n) is 4.00. The molecule has 1 aromatic carbocycles. The summed E-state index contributed by atoms with van der Waals surface area (Å²) in [4.78, 5) is 13.9. The molecule has 0 spiro atoms. The molecular weight excluding hydrogens is 264 g/mol. The number of carbonyl (C=O) groups is 1. The van der Waals surface area contributed by atoms with E-state index in [-0.39, 0.29) is 12.3 Å². The van der Waals surface area contributed by atoms with Crippen LogP contribution in [0.25, 0.3) is 0 Å². The van der Waals surface area contributed by atoms with Crippen LogP contribution >= 0.6 is 11.6 Å². The lowest BCUT2D eigenvalue weighted by Crippen LogP contribution is -2.36. The number of halogens is 1. The molecule has 0 heterocycles. The van der Waals surface area contributed by atoms with Crippen LogP contribution in [0.4, 0.5) is 0 Å². The Kier molecular flexibility index (Phi) is 6.94. The molecule has 0 fully saturated rings. The molecule has 0 radical (unpaired) electrons. The van der Waals surface area contributed by atoms with Gasteiger partial charge < -0.3 is 9.64 Å². The number of nitriles is 1. The minimum atomic E-state index is -0.725. The number of rotatable bonds is 7. The highest BCUT2D eigenvalue weighted by Gasteiger charge is 2.23. The summed E-state index contributed by atoms with van der Waals surface area (Å²) in [6.07, 6.45) is 0.286. The van der Waals surface area contributed by atoms with E-state index in [4.69, 9.17) is 21.6 Å². The van der Waals surface area contributed by atoms with E-state index in [1.54, 1.807) is 12.0 Å². The van der Waals surface area contributed by atoms with Crippen molar-refractivity contribution >= 4 is 17.5 Å². The van der Waals surface area contributed by atoms with Gasteiger partial charge in [0.25, 0.3) is 0 Å². The summed E-state index contributed by atoms with van der Waals surface area (Å²) in [6.45, 7) is 1.23. The van der Waals surface area contributed by atoms with Gasteiger partial charge >= 0.3 is 0 Å². The van der Waals surface area contributed by atoms with Crippen molar-refractivity contribution in [1.29, 1.82) is 5.26 Å². The predicted molar refractivity (Wildman–Crippen MR) is 73.7 cm³/mol. The van der Waals surface area contributed by atoms with E-state index < -0.39 is 5.38 Å². The summed E-state index contributed by atoms with van der Waals surface area (Å²) < 4.78 is 4.97. The number of ether oxygens (including phenoxy) is 1. The van der Waals surface area contributed by atoms with Gasteiger partial charge in [-0.2, -0.15) is 5.26 Å². The summed E-state index contributed by atoms with van der Waals surface area (Å²) in [5.41, 5.74) is 0.758. The first-order chi connectivity index (χ1) is 9.20. The van der Waals surface area contributed by atoms with Crippen LogP contribution in [0.2, 0.25) is 0 Å². The Hall–Kier alpha value is -1.57. The van der Waals surface area contributed by atoms with Crippen LogP contribution in [0.3, 0.4) is 0 Å². The number of benzene rings is 1. The Balaban J connectivity index is 2.72. The van der Waals surface area contributed by atoms with E-state index in [0.29, 0.717) is 19.7 Å². The molecule has 0 saturated carbocycles. The number of alkyl halides is 1. The van der Waals surface area contributed by atoms with Crippen LogP contribution in [0, 0.1) is 11.3 Å². The fourth-order valence-electron chi connectivity index (χ4n) is 1.64. The summed E-state index contributed by atoms with van der Waals surface area (Å²) in [6, 6.07) is 11.2. The van der Waals surface area contributed by atoms with Gasteiger partial charge in [0.2, 0.25) is 5.91 Å². The molecule has 102 valence electrons. The molecule has 0 aliphatic carbocycles. The molecular formula is C14H17ClN2O2. The van der Waals surface area contributed by atoms with E-state index >= 15 is 0 Å². The van der Waals surface area contributed by atoms with Gasteiger partial charge in [-0.3, -0.25) is 4.79 Å². The normalized spacial score (nSPS) is 11.6. The van der Waals surface area contributed by atoms with Gasteiger partial charge in [-0.15, -0.1) is 11.6 Å². The highest BCUT2D eigenvalue weighted by Crippen LogP contribution is 2.22. The zero-order chi connectivity index (χ0) is 14.1. The lowest BCUT2D eigenvalue weighted by Gasteiger charge is -2.24. The second-order valence-corrected chi connectivity index (χ2v) is 4.44. The van der Waals surface area contributed by atoms with Crippen LogP contribution in [-0.4, -0.2) is 37.6 Å². The topological polar surface area (TPSA) is 53.3 Å². The fraction of sp³-hybridized carbons (Fsp3) is 0.429. The van der Waals surface area contributed by atoms with E-state index in [2.05, 4.69) is 0 Å². The molecule has 0 saturated heterocycles. The maximum atomic E-state index is 12.3. The van der Waals surface area contributed by atoms with Gasteiger partial charge in [0.15, 0.2) is 0 Å². The van der Waals surface area contributed by atoms with Crippen molar-refractivity contribution in [2.75, 3.05) is 26.8 Å². The molecule has 1 amide bonds. The number of methoxy groups -OCH3 is 1. The van der Waals surface area contributed by atoms with E-state index in [0.717, 1.165) is 5.56 Å². The van der Waals surface area contributed by atoms with Gasteiger partial charge in [-0.25, -0.2) is 0 Å². The Morgan fingerprint density at radius 2 is 2.11 bits per heavy atom. The van der Waals surface area contributed by atoms with Crippen molar-refractivity contribution in [3.8, 4) is 6.07 Å². The number of hydrogen-bond donors (Lipinski definition) is 0. The molecule has 0 aromatic heterocycles. The Morgan fingerprint density at radius 3 is 2.68 bits per heavy atom. The molecule has 0 N–H and O–H groups in total. The van der Waals surface area contributed by atoms with Crippen molar-refractivity contribution in [2.24, 2.45) is 0 Å². The highest BCUT2D eigenvalue weighted by molar-refractivity contribution is 6.30. The fourth-order valence-corrected chi connectivity index (χ4v) is 1.93. The zero-order valence-electron chi connectivity index (χ0n) is 10.9. The second kappa shape index (κ2) is 8.52. The maximum absolute atomic E-state index is 12.3. The molecule has 0 bridgehead atoms. The summed E-state index contributed by atoms with van der Waals surface area (Å²) in [5, 5.41) is 7.90. The average Bonchev–Trinajstić information content (AvgIpc) is 2.47. The van der Waals surface area contributed by atoms with Gasteiger partial charge in [0.05, 0.1) is 19.1 Å². The average molecular weight is 281 g/mol. The molecule has 1 aromatic rings. The first-order valence-electron chi connectivity index (χ1n) is 6.04. The van der Waals surface area contributed by atoms with Crippen LogP contribution in [0.5, 0.6) is 0 Å². The van der Waals surface area contributed by atoms with Crippen LogP contribution in [0.1, 0.15) is 17.4 Å². The Morgan fingerprint density at radius 1 is 1.42 bits per heavy atom. The zero-order valence-corrected chi connectivity index (χ0v) is 11.6. The Bertz CT molecular complexity index is 431. The molecule has 1 rings (SSSR count). The number of hydrogen-bond acceptors (Lipinski definition) is 3. The van der Waals surface area contributed by atoms with Crippen LogP contribution in [0.15, 0.2) is 30.3 Å². The van der Waals surface area contributed by atoms with Crippen molar-refractivity contribution in [3.63, 3.8) is 0 Å². The lowest BCUT2D eigenvalue weighted by atomic mass is 10.1. The predicted octanol–water partition coefficient (Wildman–Crippen LogP) is 2.36. The van der Waals surface area contributed by atoms with Gasteiger partial charge in [-0.1, -0.05) is 30.3 Å². The first-order valence-corrected chi connectivity index (χ1v) is 6.48. The van der Waals surface area contributed by atoms with Crippen LogP contribution < -0.4 is 0 Å². The summed E-state index contributed by atoms with van der Waals surface area (Å²) in [7, 11) is 1.57. The van der Waals surface area contributed by atoms with Crippen LogP contribution in [-0.2, 0) is 9.53 Å². The minimum Gasteiger partial charge on any atom is -0.383 e. The largest absolute Gasteiger partial charge is 0.383 e. The van der Waals surface area contributed by atoms with Gasteiger partial charge in [-0.05, 0) is 5.56 Å². The molecule has 5 heteroatoms. The molecule has 4 nitrogen and oxygen atoms in total. The quantitative estimate of drug-likeness (QED) is 0.721. The third-order valence-electron chi connectivity index (χ3n) is 2.68. The highest BCUT2D eigenvalue weighted by atomic mass is 35.5. The Labute approximate surface area is 118 Å². The number of carbonyl (C=O) groups excluding carboxylic acids is 1. The lowest BCUT2D eigenvalue weighted by molar-refractivity contribution is -0.131. The molecule has 0 aliphatic heterocycles. The SMILES string of the molecule is COCCN(CCC#N)C(=O)C(Cl)c1ccccc1. The van der Waals surface area contributed by atoms with E-state index in [1.165, 1.54) is 0 Å². The van der Waals surface area contributed by atoms with E-state index in [9.17, 15) is 4.79 Å². The molecule has 19 heavy (non-hydrogen) atoms.